The van der Waals surface area contributed by atoms with Gasteiger partial charge in [-0.25, -0.2) is 4.39 Å². The molecule has 2 N–H and O–H groups in total. The molecule has 0 heterocycles. The highest BCUT2D eigenvalue weighted by Gasteiger charge is 2.07. The first kappa shape index (κ1) is 15.0. The van der Waals surface area contributed by atoms with Gasteiger partial charge in [0.15, 0.2) is 0 Å². The van der Waals surface area contributed by atoms with E-state index in [2.05, 4.69) is 15.9 Å². The summed E-state index contributed by atoms with van der Waals surface area (Å²) in [6, 6.07) is 12.3. The minimum absolute atomic E-state index is 0.0563. The van der Waals surface area contributed by atoms with Gasteiger partial charge in [-0.05, 0) is 54.8 Å². The summed E-state index contributed by atoms with van der Waals surface area (Å²) in [4.78, 5) is 0. The largest absolute Gasteiger partial charge is 0.489 e. The van der Waals surface area contributed by atoms with Crippen molar-refractivity contribution in [2.45, 2.75) is 26.0 Å². The fourth-order valence-corrected chi connectivity index (χ4v) is 2.39. The van der Waals surface area contributed by atoms with Crippen molar-refractivity contribution in [1.82, 2.24) is 0 Å². The van der Waals surface area contributed by atoms with Gasteiger partial charge in [0.25, 0.3) is 0 Å². The number of rotatable bonds is 5. The average Bonchev–Trinajstić information content (AvgIpc) is 2.37. The van der Waals surface area contributed by atoms with Crippen LogP contribution in [0, 0.1) is 5.82 Å². The fourth-order valence-electron chi connectivity index (χ4n) is 1.98. The van der Waals surface area contributed by atoms with Crippen molar-refractivity contribution < 1.29 is 9.13 Å². The minimum atomic E-state index is -0.252. The zero-order valence-electron chi connectivity index (χ0n) is 11.3. The Labute approximate surface area is 126 Å². The van der Waals surface area contributed by atoms with Gasteiger partial charge in [-0.3, -0.25) is 0 Å². The van der Waals surface area contributed by atoms with Crippen LogP contribution in [-0.2, 0) is 13.0 Å². The van der Waals surface area contributed by atoms with Crippen LogP contribution < -0.4 is 10.5 Å². The van der Waals surface area contributed by atoms with E-state index in [0.717, 1.165) is 27.8 Å². The first-order chi connectivity index (χ1) is 9.54. The van der Waals surface area contributed by atoms with Crippen molar-refractivity contribution in [1.29, 1.82) is 0 Å². The number of ether oxygens (including phenoxy) is 1. The molecule has 0 bridgehead atoms. The molecule has 2 rings (SSSR count). The fraction of sp³-hybridized carbons (Fsp3) is 0.250. The minimum Gasteiger partial charge on any atom is -0.489 e. The first-order valence-corrected chi connectivity index (χ1v) is 7.25. The monoisotopic (exact) mass is 337 g/mol. The molecular weight excluding hydrogens is 321 g/mol. The Morgan fingerprint density at radius 1 is 1.25 bits per heavy atom. The lowest BCUT2D eigenvalue weighted by atomic mass is 10.1. The smallest absolute Gasteiger partial charge is 0.123 e. The predicted octanol–water partition coefficient (Wildman–Crippen LogP) is 4.06. The number of hydrogen-bond donors (Lipinski definition) is 1. The van der Waals surface area contributed by atoms with Gasteiger partial charge < -0.3 is 10.5 Å². The highest BCUT2D eigenvalue weighted by molar-refractivity contribution is 9.10. The summed E-state index contributed by atoms with van der Waals surface area (Å²) in [7, 11) is 0. The third-order valence-corrected chi connectivity index (χ3v) is 3.34. The van der Waals surface area contributed by atoms with E-state index in [1.807, 2.05) is 31.2 Å². The Morgan fingerprint density at radius 2 is 2.05 bits per heavy atom. The number of nitrogens with two attached hydrogens (primary N) is 1. The van der Waals surface area contributed by atoms with E-state index in [0.29, 0.717) is 6.61 Å². The van der Waals surface area contributed by atoms with Crippen molar-refractivity contribution in [2.24, 2.45) is 5.73 Å². The summed E-state index contributed by atoms with van der Waals surface area (Å²) < 4.78 is 19.9. The molecule has 0 radical (unpaired) electrons. The topological polar surface area (TPSA) is 35.2 Å². The van der Waals surface area contributed by atoms with Gasteiger partial charge >= 0.3 is 0 Å². The van der Waals surface area contributed by atoms with Crippen LogP contribution in [0.3, 0.4) is 0 Å². The molecule has 1 unspecified atom stereocenters. The molecule has 0 fully saturated rings. The molecule has 1 atom stereocenters. The molecule has 20 heavy (non-hydrogen) atoms. The molecule has 2 aromatic rings. The molecule has 0 aromatic heterocycles. The van der Waals surface area contributed by atoms with Gasteiger partial charge in [-0.1, -0.05) is 28.1 Å². The molecular formula is C16H17BrFNO. The lowest BCUT2D eigenvalue weighted by Crippen LogP contribution is -2.18. The molecule has 0 aliphatic carbocycles. The Balaban J connectivity index is 2.12. The lowest BCUT2D eigenvalue weighted by molar-refractivity contribution is 0.301. The van der Waals surface area contributed by atoms with E-state index in [9.17, 15) is 4.39 Å². The van der Waals surface area contributed by atoms with Gasteiger partial charge in [-0.2, -0.15) is 0 Å². The van der Waals surface area contributed by atoms with Crippen LogP contribution >= 0.6 is 15.9 Å². The molecule has 106 valence electrons. The number of halogens is 2. The Kier molecular flexibility index (Phi) is 5.15. The molecule has 0 aliphatic rings. The lowest BCUT2D eigenvalue weighted by Gasteiger charge is -2.13. The first-order valence-electron chi connectivity index (χ1n) is 6.46. The van der Waals surface area contributed by atoms with Crippen molar-refractivity contribution >= 4 is 15.9 Å². The van der Waals surface area contributed by atoms with Crippen LogP contribution in [0.5, 0.6) is 5.75 Å². The van der Waals surface area contributed by atoms with Crippen LogP contribution in [0.4, 0.5) is 4.39 Å². The molecule has 4 heteroatoms. The van der Waals surface area contributed by atoms with Crippen LogP contribution in [0.2, 0.25) is 0 Å². The molecule has 2 aromatic carbocycles. The maximum Gasteiger partial charge on any atom is 0.123 e. The Morgan fingerprint density at radius 3 is 2.75 bits per heavy atom. The van der Waals surface area contributed by atoms with Gasteiger partial charge in [0, 0.05) is 10.5 Å². The second kappa shape index (κ2) is 6.86. The van der Waals surface area contributed by atoms with Gasteiger partial charge in [-0.15, -0.1) is 0 Å². The van der Waals surface area contributed by atoms with Crippen molar-refractivity contribution in [3.05, 3.63) is 63.9 Å². The number of hydrogen-bond acceptors (Lipinski definition) is 2. The summed E-state index contributed by atoms with van der Waals surface area (Å²) in [5.41, 5.74) is 7.70. The second-order valence-electron chi connectivity index (χ2n) is 4.85. The van der Waals surface area contributed by atoms with Crippen LogP contribution in [0.25, 0.3) is 0 Å². The maximum absolute atomic E-state index is 13.1. The third kappa shape index (κ3) is 4.32. The molecule has 0 saturated carbocycles. The number of benzene rings is 2. The van der Waals surface area contributed by atoms with Gasteiger partial charge in [0.1, 0.15) is 18.2 Å². The van der Waals surface area contributed by atoms with E-state index in [-0.39, 0.29) is 11.9 Å². The molecule has 0 aliphatic heterocycles. The zero-order valence-corrected chi connectivity index (χ0v) is 12.9. The summed E-state index contributed by atoms with van der Waals surface area (Å²) >= 11 is 3.45. The molecule has 0 spiro atoms. The van der Waals surface area contributed by atoms with Crippen LogP contribution in [0.1, 0.15) is 18.1 Å². The molecule has 0 saturated heterocycles. The summed E-state index contributed by atoms with van der Waals surface area (Å²) in [6.07, 6.45) is 0.734. The van der Waals surface area contributed by atoms with Crippen molar-refractivity contribution in [3.63, 3.8) is 0 Å². The van der Waals surface area contributed by atoms with Gasteiger partial charge in [0.2, 0.25) is 0 Å². The average molecular weight is 338 g/mol. The normalized spacial score (nSPS) is 12.2. The van der Waals surface area contributed by atoms with Crippen LogP contribution in [-0.4, -0.2) is 6.04 Å². The predicted molar refractivity (Wildman–Crippen MR) is 82.2 cm³/mol. The van der Waals surface area contributed by atoms with E-state index in [4.69, 9.17) is 10.5 Å². The highest BCUT2D eigenvalue weighted by Crippen LogP contribution is 2.25. The zero-order chi connectivity index (χ0) is 14.5. The standard InChI is InChI=1S/C16H17BrFNO/c1-11(19)7-13-9-14(17)5-6-16(13)20-10-12-3-2-4-15(18)8-12/h2-6,8-9,11H,7,10,19H2,1H3. The van der Waals surface area contributed by atoms with E-state index < -0.39 is 0 Å². The maximum atomic E-state index is 13.1. The van der Waals surface area contributed by atoms with E-state index >= 15 is 0 Å². The van der Waals surface area contributed by atoms with E-state index in [1.165, 1.54) is 12.1 Å². The molecule has 0 amide bonds. The molecule has 2 nitrogen and oxygen atoms in total. The highest BCUT2D eigenvalue weighted by atomic mass is 79.9. The quantitative estimate of drug-likeness (QED) is 0.892. The Hall–Kier alpha value is -1.39. The summed E-state index contributed by atoms with van der Waals surface area (Å²) in [6.45, 7) is 2.29. The Bertz CT molecular complexity index is 586. The van der Waals surface area contributed by atoms with Gasteiger partial charge in [0.05, 0.1) is 0 Å². The second-order valence-corrected chi connectivity index (χ2v) is 5.77. The van der Waals surface area contributed by atoms with E-state index in [1.54, 1.807) is 6.07 Å². The summed E-state index contributed by atoms with van der Waals surface area (Å²) in [5, 5.41) is 0. The summed E-state index contributed by atoms with van der Waals surface area (Å²) in [5.74, 6) is 0.535. The van der Waals surface area contributed by atoms with Crippen molar-refractivity contribution in [3.8, 4) is 5.75 Å². The SMILES string of the molecule is CC(N)Cc1cc(Br)ccc1OCc1cccc(F)c1. The van der Waals surface area contributed by atoms with Crippen molar-refractivity contribution in [2.75, 3.05) is 0 Å². The third-order valence-electron chi connectivity index (χ3n) is 2.85. The van der Waals surface area contributed by atoms with Crippen LogP contribution in [0.15, 0.2) is 46.9 Å².